The van der Waals surface area contributed by atoms with Crippen LogP contribution < -0.4 is 0 Å². The maximum atomic E-state index is 8.48. The van der Waals surface area contributed by atoms with E-state index in [4.69, 9.17) is 9.84 Å². The van der Waals surface area contributed by atoms with Gasteiger partial charge in [-0.3, -0.25) is 0 Å². The largest absolute Gasteiger partial charge is 0.516 e. The number of allylic oxidation sites excluding steroid dienone is 2. The molecule has 2 unspecified atom stereocenters. The van der Waals surface area contributed by atoms with E-state index in [1.807, 2.05) is 6.08 Å². The van der Waals surface area contributed by atoms with E-state index in [9.17, 15) is 0 Å². The third kappa shape index (κ3) is 9.19. The van der Waals surface area contributed by atoms with Crippen molar-refractivity contribution in [2.24, 2.45) is 0 Å². The number of epoxide rings is 1. The molecule has 1 fully saturated rings. The van der Waals surface area contributed by atoms with E-state index in [0.29, 0.717) is 12.2 Å². The minimum Gasteiger partial charge on any atom is -0.516 e. The lowest BCUT2D eigenvalue weighted by atomic mass is 10.0. The molecular weight excluding hydrogens is 248 g/mol. The molecule has 1 saturated heterocycles. The molecule has 1 aliphatic rings. The first kappa shape index (κ1) is 17.3. The van der Waals surface area contributed by atoms with Gasteiger partial charge in [-0.25, -0.2) is 0 Å². The van der Waals surface area contributed by atoms with Crippen LogP contribution >= 0.6 is 0 Å². The Morgan fingerprint density at radius 1 is 0.850 bits per heavy atom. The maximum Gasteiger partial charge on any atom is 0.0876 e. The van der Waals surface area contributed by atoms with Crippen molar-refractivity contribution in [1.29, 1.82) is 0 Å². The normalized spacial score (nSPS) is 22.1. The minimum absolute atomic E-state index is 0.437. The van der Waals surface area contributed by atoms with Crippen LogP contribution in [0.15, 0.2) is 24.5 Å². The van der Waals surface area contributed by atoms with Crippen molar-refractivity contribution in [3.05, 3.63) is 24.5 Å². The van der Waals surface area contributed by atoms with E-state index < -0.39 is 0 Å². The Bertz CT molecular complexity index is 271. The molecule has 0 radical (unpaired) electrons. The van der Waals surface area contributed by atoms with Crippen LogP contribution in [0.3, 0.4) is 0 Å². The van der Waals surface area contributed by atoms with Gasteiger partial charge in [-0.2, -0.15) is 0 Å². The molecule has 0 bridgehead atoms. The summed E-state index contributed by atoms with van der Waals surface area (Å²) in [5.74, 6) is 0. The molecule has 1 aliphatic heterocycles. The molecule has 0 amide bonds. The van der Waals surface area contributed by atoms with Gasteiger partial charge in [0.05, 0.1) is 18.5 Å². The number of unbranched alkanes of at least 4 members (excludes halogenated alkanes) is 8. The number of hydrogen-bond acceptors (Lipinski definition) is 2. The van der Waals surface area contributed by atoms with Gasteiger partial charge >= 0.3 is 0 Å². The van der Waals surface area contributed by atoms with Crippen LogP contribution in [-0.2, 0) is 4.74 Å². The first-order valence-electron chi connectivity index (χ1n) is 8.49. The first-order valence-corrected chi connectivity index (χ1v) is 8.49. The fourth-order valence-corrected chi connectivity index (χ4v) is 2.64. The first-order chi connectivity index (χ1) is 9.88. The van der Waals surface area contributed by atoms with E-state index in [1.54, 1.807) is 6.08 Å². The van der Waals surface area contributed by atoms with Gasteiger partial charge in [-0.1, -0.05) is 76.9 Å². The second-order valence-corrected chi connectivity index (χ2v) is 5.84. The van der Waals surface area contributed by atoms with Crippen molar-refractivity contribution < 1.29 is 9.84 Å². The summed E-state index contributed by atoms with van der Waals surface area (Å²) in [7, 11) is 0. The van der Waals surface area contributed by atoms with Crippen LogP contribution in [0.2, 0.25) is 0 Å². The second-order valence-electron chi connectivity index (χ2n) is 5.84. The van der Waals surface area contributed by atoms with Gasteiger partial charge in [0.2, 0.25) is 0 Å². The third-order valence-electron chi connectivity index (χ3n) is 3.98. The minimum atomic E-state index is 0.437. The monoisotopic (exact) mass is 280 g/mol. The molecule has 20 heavy (non-hydrogen) atoms. The average molecular weight is 280 g/mol. The molecule has 116 valence electrons. The summed E-state index contributed by atoms with van der Waals surface area (Å²) >= 11 is 0. The Balaban J connectivity index is 1.79. The standard InChI is InChI=1S/C18H32O2/c1-2-3-4-5-6-7-8-9-11-14-17-18(20-17)15-12-10-13-16-19/h10,12-13,16-19H,2-9,11,14-15H2,1H3/b12-10-,16-13?. The molecule has 2 nitrogen and oxygen atoms in total. The molecule has 0 aromatic carbocycles. The highest BCUT2D eigenvalue weighted by molar-refractivity contribution is 5.02. The van der Waals surface area contributed by atoms with E-state index in [-0.39, 0.29) is 0 Å². The van der Waals surface area contributed by atoms with Crippen LogP contribution in [0.4, 0.5) is 0 Å². The number of ether oxygens (including phenoxy) is 1. The topological polar surface area (TPSA) is 32.8 Å². The summed E-state index contributed by atoms with van der Waals surface area (Å²) in [4.78, 5) is 0. The predicted molar refractivity (Wildman–Crippen MR) is 86.0 cm³/mol. The van der Waals surface area contributed by atoms with Crippen LogP contribution in [0.25, 0.3) is 0 Å². The second kappa shape index (κ2) is 12.0. The molecule has 1 heterocycles. The number of aliphatic hydroxyl groups excluding tert-OH is 1. The summed E-state index contributed by atoms with van der Waals surface area (Å²) in [5.41, 5.74) is 0. The molecule has 1 N–H and O–H groups in total. The molecule has 1 rings (SSSR count). The van der Waals surface area contributed by atoms with Crippen molar-refractivity contribution in [2.45, 2.75) is 89.8 Å². The molecule has 2 atom stereocenters. The lowest BCUT2D eigenvalue weighted by molar-refractivity contribution is 0.358. The number of hydrogen-bond donors (Lipinski definition) is 1. The summed E-state index contributed by atoms with van der Waals surface area (Å²) in [5, 5.41) is 8.48. The fourth-order valence-electron chi connectivity index (χ4n) is 2.64. The van der Waals surface area contributed by atoms with Gasteiger partial charge in [0.25, 0.3) is 0 Å². The average Bonchev–Trinajstić information content (AvgIpc) is 3.20. The van der Waals surface area contributed by atoms with E-state index >= 15 is 0 Å². The van der Waals surface area contributed by atoms with Gasteiger partial charge in [-0.15, -0.1) is 0 Å². The Hall–Kier alpha value is -0.760. The Morgan fingerprint density at radius 3 is 2.15 bits per heavy atom. The quantitative estimate of drug-likeness (QED) is 0.203. The SMILES string of the molecule is CCCCCCCCCCCC1OC1C/C=C\C=CO. The van der Waals surface area contributed by atoms with E-state index in [1.165, 1.54) is 64.2 Å². The Morgan fingerprint density at radius 2 is 1.50 bits per heavy atom. The highest BCUT2D eigenvalue weighted by atomic mass is 16.6. The predicted octanol–water partition coefficient (Wildman–Crippen LogP) is 5.69. The van der Waals surface area contributed by atoms with Gasteiger partial charge in [0.15, 0.2) is 0 Å². The van der Waals surface area contributed by atoms with Crippen LogP contribution in [0.5, 0.6) is 0 Å². The van der Waals surface area contributed by atoms with E-state index in [2.05, 4.69) is 13.0 Å². The van der Waals surface area contributed by atoms with Gasteiger partial charge in [-0.05, 0) is 18.9 Å². The Kier molecular flexibility index (Phi) is 10.4. The summed E-state index contributed by atoms with van der Waals surface area (Å²) in [6.45, 7) is 2.27. The summed E-state index contributed by atoms with van der Waals surface area (Å²) < 4.78 is 5.63. The zero-order valence-corrected chi connectivity index (χ0v) is 13.1. The molecule has 0 saturated carbocycles. The lowest BCUT2D eigenvalue weighted by Gasteiger charge is -2.01. The molecule has 2 heteroatoms. The van der Waals surface area contributed by atoms with Crippen LogP contribution in [0.1, 0.15) is 77.6 Å². The smallest absolute Gasteiger partial charge is 0.0876 e. The van der Waals surface area contributed by atoms with Crippen molar-refractivity contribution in [3.63, 3.8) is 0 Å². The van der Waals surface area contributed by atoms with Gasteiger partial charge in [0, 0.05) is 0 Å². The molecule has 0 spiro atoms. The lowest BCUT2D eigenvalue weighted by Crippen LogP contribution is -1.92. The third-order valence-corrected chi connectivity index (χ3v) is 3.98. The van der Waals surface area contributed by atoms with Gasteiger partial charge in [0.1, 0.15) is 0 Å². The van der Waals surface area contributed by atoms with Crippen molar-refractivity contribution in [3.8, 4) is 0 Å². The van der Waals surface area contributed by atoms with Crippen LogP contribution in [0, 0.1) is 0 Å². The molecular formula is C18H32O2. The van der Waals surface area contributed by atoms with Crippen molar-refractivity contribution >= 4 is 0 Å². The number of aliphatic hydroxyl groups is 1. The van der Waals surface area contributed by atoms with Crippen LogP contribution in [-0.4, -0.2) is 17.3 Å². The van der Waals surface area contributed by atoms with Crippen molar-refractivity contribution in [2.75, 3.05) is 0 Å². The fraction of sp³-hybridized carbons (Fsp3) is 0.778. The number of rotatable bonds is 13. The summed E-state index contributed by atoms with van der Waals surface area (Å²) in [6.07, 6.45) is 22.3. The zero-order valence-electron chi connectivity index (χ0n) is 13.1. The highest BCUT2D eigenvalue weighted by Crippen LogP contribution is 2.30. The maximum absolute atomic E-state index is 8.48. The molecule has 0 aromatic heterocycles. The van der Waals surface area contributed by atoms with Gasteiger partial charge < -0.3 is 9.84 Å². The molecule has 0 aliphatic carbocycles. The molecule has 0 aromatic rings. The highest BCUT2D eigenvalue weighted by Gasteiger charge is 2.36. The van der Waals surface area contributed by atoms with Crippen molar-refractivity contribution in [1.82, 2.24) is 0 Å². The Labute approximate surface area is 124 Å². The zero-order chi connectivity index (χ0) is 14.5. The van der Waals surface area contributed by atoms with E-state index in [0.717, 1.165) is 12.7 Å². The summed E-state index contributed by atoms with van der Waals surface area (Å²) in [6, 6.07) is 0.